The van der Waals surface area contributed by atoms with Gasteiger partial charge in [0.15, 0.2) is 5.69 Å². The van der Waals surface area contributed by atoms with Crippen molar-refractivity contribution in [3.63, 3.8) is 0 Å². The maximum absolute atomic E-state index is 12.7. The minimum absolute atomic E-state index is 0.260. The van der Waals surface area contributed by atoms with Crippen LogP contribution >= 0.6 is 0 Å². The molecule has 0 radical (unpaired) electrons. The van der Waals surface area contributed by atoms with E-state index in [1.807, 2.05) is 6.92 Å². The molecule has 126 valence electrons. The van der Waals surface area contributed by atoms with Crippen LogP contribution in [0.2, 0.25) is 0 Å². The predicted molar refractivity (Wildman–Crippen MR) is 76.4 cm³/mol. The molecule has 0 aromatic carbocycles. The zero-order valence-corrected chi connectivity index (χ0v) is 13.1. The molecule has 0 aliphatic rings. The first-order valence-electron chi connectivity index (χ1n) is 7.14. The smallest absolute Gasteiger partial charge is 0.350 e. The summed E-state index contributed by atoms with van der Waals surface area (Å²) >= 11 is 0. The molecule has 0 saturated heterocycles. The Morgan fingerprint density at radius 1 is 1.43 bits per heavy atom. The van der Waals surface area contributed by atoms with Crippen LogP contribution in [0.5, 0.6) is 0 Å². The molecule has 23 heavy (non-hydrogen) atoms. The molecule has 2 aromatic heterocycles. The Morgan fingerprint density at radius 3 is 2.65 bits per heavy atom. The van der Waals surface area contributed by atoms with Crippen molar-refractivity contribution >= 4 is 5.91 Å². The lowest BCUT2D eigenvalue weighted by Gasteiger charge is -2.14. The highest BCUT2D eigenvalue weighted by atomic mass is 19.4. The minimum atomic E-state index is -4.53. The summed E-state index contributed by atoms with van der Waals surface area (Å²) in [5.41, 5.74) is 0.0956. The van der Waals surface area contributed by atoms with Crippen LogP contribution in [0.15, 0.2) is 18.5 Å². The molecule has 0 aliphatic heterocycles. The summed E-state index contributed by atoms with van der Waals surface area (Å²) in [6.07, 6.45) is -1.10. The van der Waals surface area contributed by atoms with Gasteiger partial charge in [-0.3, -0.25) is 14.2 Å². The van der Waals surface area contributed by atoms with Gasteiger partial charge in [-0.1, -0.05) is 0 Å². The molecule has 6 nitrogen and oxygen atoms in total. The van der Waals surface area contributed by atoms with Gasteiger partial charge in [-0.2, -0.15) is 23.4 Å². The average Bonchev–Trinajstić information content (AvgIpc) is 3.09. The van der Waals surface area contributed by atoms with Gasteiger partial charge in [-0.05, 0) is 26.8 Å². The first kappa shape index (κ1) is 17.0. The van der Waals surface area contributed by atoms with E-state index in [1.54, 1.807) is 17.1 Å². The van der Waals surface area contributed by atoms with Crippen LogP contribution in [0, 0.1) is 6.92 Å². The molecule has 2 rings (SSSR count). The summed E-state index contributed by atoms with van der Waals surface area (Å²) < 4.78 is 40.8. The number of carbonyl (C=O) groups excluding carboxylic acids is 1. The number of aromatic nitrogens is 4. The lowest BCUT2D eigenvalue weighted by atomic mass is 10.3. The van der Waals surface area contributed by atoms with Gasteiger partial charge in [0.1, 0.15) is 6.04 Å². The lowest BCUT2D eigenvalue weighted by Crippen LogP contribution is -2.31. The van der Waals surface area contributed by atoms with E-state index in [-0.39, 0.29) is 12.2 Å². The number of halogens is 3. The zero-order chi connectivity index (χ0) is 17.2. The third kappa shape index (κ3) is 3.91. The maximum Gasteiger partial charge on any atom is 0.435 e. The molecule has 1 unspecified atom stereocenters. The molecule has 0 bridgehead atoms. The zero-order valence-electron chi connectivity index (χ0n) is 13.1. The number of alkyl halides is 3. The Bertz CT molecular complexity index is 689. The fourth-order valence-electron chi connectivity index (χ4n) is 2.14. The quantitative estimate of drug-likeness (QED) is 0.915. The summed E-state index contributed by atoms with van der Waals surface area (Å²) in [6.45, 7) is 5.91. The number of nitrogens with one attached hydrogen (secondary N) is 1. The van der Waals surface area contributed by atoms with Crippen LogP contribution in [-0.4, -0.2) is 25.5 Å². The Morgan fingerprint density at radius 2 is 2.13 bits per heavy atom. The molecular weight excluding hydrogens is 311 g/mol. The molecule has 1 amide bonds. The molecule has 1 N–H and O–H groups in total. The SMILES string of the molecule is CCn1cc(CNC(=O)C(C)n2nc(C(F)(F)F)cc2C)cn1. The van der Waals surface area contributed by atoms with Gasteiger partial charge in [0.2, 0.25) is 5.91 Å². The molecule has 0 saturated carbocycles. The second kappa shape index (κ2) is 6.43. The van der Waals surface area contributed by atoms with Crippen molar-refractivity contribution in [1.29, 1.82) is 0 Å². The number of aryl methyl sites for hydroxylation is 2. The van der Waals surface area contributed by atoms with Crippen molar-refractivity contribution in [2.75, 3.05) is 0 Å². The minimum Gasteiger partial charge on any atom is -0.350 e. The second-order valence-corrected chi connectivity index (χ2v) is 5.21. The highest BCUT2D eigenvalue weighted by molar-refractivity contribution is 5.79. The van der Waals surface area contributed by atoms with Gasteiger partial charge >= 0.3 is 6.18 Å². The largest absolute Gasteiger partial charge is 0.435 e. The summed E-state index contributed by atoms with van der Waals surface area (Å²) in [4.78, 5) is 12.1. The van der Waals surface area contributed by atoms with Crippen LogP contribution in [0.1, 0.15) is 36.8 Å². The van der Waals surface area contributed by atoms with E-state index >= 15 is 0 Å². The lowest BCUT2D eigenvalue weighted by molar-refractivity contribution is -0.142. The molecule has 0 fully saturated rings. The third-order valence-electron chi connectivity index (χ3n) is 3.44. The number of carbonyl (C=O) groups is 1. The van der Waals surface area contributed by atoms with E-state index in [0.717, 1.165) is 22.9 Å². The molecule has 1 atom stereocenters. The van der Waals surface area contributed by atoms with Crippen LogP contribution in [-0.2, 0) is 24.1 Å². The van der Waals surface area contributed by atoms with Gasteiger partial charge in [0.25, 0.3) is 0 Å². The summed E-state index contributed by atoms with van der Waals surface area (Å²) in [5, 5.41) is 10.2. The highest BCUT2D eigenvalue weighted by Crippen LogP contribution is 2.29. The van der Waals surface area contributed by atoms with Gasteiger partial charge in [-0.15, -0.1) is 0 Å². The van der Waals surface area contributed by atoms with Gasteiger partial charge in [-0.25, -0.2) is 0 Å². The summed E-state index contributed by atoms with van der Waals surface area (Å²) in [7, 11) is 0. The molecule has 0 spiro atoms. The molecule has 2 heterocycles. The third-order valence-corrected chi connectivity index (χ3v) is 3.44. The molecule has 2 aromatic rings. The first-order valence-corrected chi connectivity index (χ1v) is 7.14. The van der Waals surface area contributed by atoms with Crippen LogP contribution < -0.4 is 5.32 Å². The monoisotopic (exact) mass is 329 g/mol. The van der Waals surface area contributed by atoms with Crippen molar-refractivity contribution in [3.8, 4) is 0 Å². The Hall–Kier alpha value is -2.32. The molecule has 9 heteroatoms. The topological polar surface area (TPSA) is 64.7 Å². The van der Waals surface area contributed by atoms with E-state index in [9.17, 15) is 18.0 Å². The van der Waals surface area contributed by atoms with Crippen LogP contribution in [0.25, 0.3) is 0 Å². The highest BCUT2D eigenvalue weighted by Gasteiger charge is 2.35. The Labute approximate surface area is 131 Å². The normalized spacial score (nSPS) is 13.1. The fourth-order valence-corrected chi connectivity index (χ4v) is 2.14. The molecule has 0 aliphatic carbocycles. The van der Waals surface area contributed by atoms with Crippen molar-refractivity contribution in [1.82, 2.24) is 24.9 Å². The average molecular weight is 329 g/mol. The fraction of sp³-hybridized carbons (Fsp3) is 0.500. The number of hydrogen-bond acceptors (Lipinski definition) is 3. The number of rotatable bonds is 5. The number of nitrogens with zero attached hydrogens (tertiary/aromatic N) is 4. The molecular formula is C14H18F3N5O. The van der Waals surface area contributed by atoms with Crippen LogP contribution in [0.4, 0.5) is 13.2 Å². The Kier molecular flexibility index (Phi) is 4.76. The predicted octanol–water partition coefficient (Wildman–Crippen LogP) is 2.30. The van der Waals surface area contributed by atoms with Gasteiger partial charge < -0.3 is 5.32 Å². The second-order valence-electron chi connectivity index (χ2n) is 5.21. The van der Waals surface area contributed by atoms with E-state index in [0.29, 0.717) is 0 Å². The first-order chi connectivity index (χ1) is 10.7. The summed E-state index contributed by atoms with van der Waals surface area (Å²) in [5.74, 6) is -0.408. The standard InChI is InChI=1S/C14H18F3N5O/c1-4-21-8-11(7-19-21)6-18-13(23)10(3)22-9(2)5-12(20-22)14(15,16)17/h5,7-8,10H,4,6H2,1-3H3,(H,18,23). The van der Waals surface area contributed by atoms with Crippen molar-refractivity contribution in [2.45, 2.75) is 46.1 Å². The van der Waals surface area contributed by atoms with Crippen molar-refractivity contribution in [3.05, 3.63) is 35.4 Å². The Balaban J connectivity index is 2.03. The van der Waals surface area contributed by atoms with E-state index < -0.39 is 23.8 Å². The van der Waals surface area contributed by atoms with Crippen LogP contribution in [0.3, 0.4) is 0 Å². The van der Waals surface area contributed by atoms with E-state index in [4.69, 9.17) is 0 Å². The number of amides is 1. The maximum atomic E-state index is 12.7. The van der Waals surface area contributed by atoms with Gasteiger partial charge in [0, 0.05) is 30.5 Å². The summed E-state index contributed by atoms with van der Waals surface area (Å²) in [6, 6.07) is 0.0852. The van der Waals surface area contributed by atoms with E-state index in [2.05, 4.69) is 15.5 Å². The van der Waals surface area contributed by atoms with Crippen molar-refractivity contribution in [2.24, 2.45) is 0 Å². The van der Waals surface area contributed by atoms with Crippen molar-refractivity contribution < 1.29 is 18.0 Å². The number of hydrogen-bond donors (Lipinski definition) is 1. The van der Waals surface area contributed by atoms with E-state index in [1.165, 1.54) is 13.8 Å². The van der Waals surface area contributed by atoms with Gasteiger partial charge in [0.05, 0.1) is 6.20 Å².